The van der Waals surface area contributed by atoms with Gasteiger partial charge < -0.3 is 5.32 Å². The summed E-state index contributed by atoms with van der Waals surface area (Å²) in [6.07, 6.45) is 1.70. The maximum absolute atomic E-state index is 12.6. The van der Waals surface area contributed by atoms with Gasteiger partial charge in [0.05, 0.1) is 10.7 Å². The zero-order valence-electron chi connectivity index (χ0n) is 12.6. The highest BCUT2D eigenvalue weighted by molar-refractivity contribution is 6.30. The van der Waals surface area contributed by atoms with Crippen LogP contribution in [0.25, 0.3) is 5.65 Å². The monoisotopic (exact) mass is 313 g/mol. The van der Waals surface area contributed by atoms with E-state index in [1.165, 1.54) is 0 Å². The largest absolute Gasteiger partial charge is 0.321 e. The molecule has 3 aromatic rings. The fourth-order valence-electron chi connectivity index (χ4n) is 2.65. The van der Waals surface area contributed by atoms with Crippen LogP contribution in [0.1, 0.15) is 27.3 Å². The van der Waals surface area contributed by atoms with Crippen molar-refractivity contribution in [2.75, 3.05) is 5.32 Å². The Labute approximate surface area is 133 Å². The van der Waals surface area contributed by atoms with Crippen LogP contribution in [0.2, 0.25) is 5.02 Å². The lowest BCUT2D eigenvalue weighted by molar-refractivity contribution is 0.102. The number of hydrogen-bond acceptors (Lipinski definition) is 2. The van der Waals surface area contributed by atoms with Gasteiger partial charge >= 0.3 is 0 Å². The van der Waals surface area contributed by atoms with Gasteiger partial charge in [0, 0.05) is 11.9 Å². The standard InChI is InChI=1S/C17H16ClN3O/c1-10-6-11(2)8-14(7-10)20-17(22)16-12(3)19-15-5-4-13(18)9-21(15)16/h4-9H,1-3H3,(H,20,22). The molecule has 0 radical (unpaired) electrons. The van der Waals surface area contributed by atoms with Crippen molar-refractivity contribution < 1.29 is 4.79 Å². The highest BCUT2D eigenvalue weighted by Gasteiger charge is 2.17. The van der Waals surface area contributed by atoms with Crippen LogP contribution in [0.3, 0.4) is 0 Å². The van der Waals surface area contributed by atoms with Crippen LogP contribution in [0.4, 0.5) is 5.69 Å². The van der Waals surface area contributed by atoms with Gasteiger partial charge in [-0.25, -0.2) is 4.98 Å². The van der Waals surface area contributed by atoms with Crippen molar-refractivity contribution in [3.8, 4) is 0 Å². The van der Waals surface area contributed by atoms with Crippen LogP contribution in [-0.4, -0.2) is 15.3 Å². The molecule has 1 amide bonds. The maximum Gasteiger partial charge on any atom is 0.274 e. The molecular weight excluding hydrogens is 298 g/mol. The van der Waals surface area contributed by atoms with Crippen LogP contribution in [0.5, 0.6) is 0 Å². The molecule has 1 aromatic carbocycles. The molecule has 0 aliphatic rings. The number of imidazole rings is 1. The Morgan fingerprint density at radius 3 is 2.50 bits per heavy atom. The molecule has 3 rings (SSSR count). The molecule has 0 saturated carbocycles. The third-order valence-electron chi connectivity index (χ3n) is 3.45. The number of carbonyl (C=O) groups excluding carboxylic acids is 1. The van der Waals surface area contributed by atoms with Gasteiger partial charge in [0.25, 0.3) is 5.91 Å². The van der Waals surface area contributed by atoms with E-state index in [1.54, 1.807) is 22.7 Å². The van der Waals surface area contributed by atoms with Crippen LogP contribution >= 0.6 is 11.6 Å². The van der Waals surface area contributed by atoms with E-state index < -0.39 is 0 Å². The highest BCUT2D eigenvalue weighted by Crippen LogP contribution is 2.19. The highest BCUT2D eigenvalue weighted by atomic mass is 35.5. The van der Waals surface area contributed by atoms with Crippen molar-refractivity contribution in [3.63, 3.8) is 0 Å². The van der Waals surface area contributed by atoms with E-state index in [9.17, 15) is 4.79 Å². The summed E-state index contributed by atoms with van der Waals surface area (Å²) < 4.78 is 1.72. The van der Waals surface area contributed by atoms with E-state index in [4.69, 9.17) is 11.6 Å². The fourth-order valence-corrected chi connectivity index (χ4v) is 2.81. The average Bonchev–Trinajstić information content (AvgIpc) is 2.72. The van der Waals surface area contributed by atoms with Crippen molar-refractivity contribution in [2.45, 2.75) is 20.8 Å². The zero-order valence-corrected chi connectivity index (χ0v) is 13.4. The second-order valence-electron chi connectivity index (χ2n) is 5.45. The molecular formula is C17H16ClN3O. The van der Waals surface area contributed by atoms with E-state index in [0.717, 1.165) is 16.8 Å². The Bertz CT molecular complexity index is 863. The Kier molecular flexibility index (Phi) is 3.62. The average molecular weight is 314 g/mol. The minimum Gasteiger partial charge on any atom is -0.321 e. The second kappa shape index (κ2) is 5.46. The fraction of sp³-hybridized carbons (Fsp3) is 0.176. The van der Waals surface area contributed by atoms with Gasteiger partial charge in [-0.1, -0.05) is 17.7 Å². The summed E-state index contributed by atoms with van der Waals surface area (Å²) in [6.45, 7) is 5.82. The van der Waals surface area contributed by atoms with Crippen LogP contribution in [-0.2, 0) is 0 Å². The number of hydrogen-bond donors (Lipinski definition) is 1. The van der Waals surface area contributed by atoms with E-state index in [-0.39, 0.29) is 5.91 Å². The third-order valence-corrected chi connectivity index (χ3v) is 3.67. The molecule has 4 nitrogen and oxygen atoms in total. The van der Waals surface area contributed by atoms with E-state index in [1.807, 2.05) is 32.9 Å². The number of benzene rings is 1. The molecule has 22 heavy (non-hydrogen) atoms. The molecule has 0 atom stereocenters. The Balaban J connectivity index is 2.01. The summed E-state index contributed by atoms with van der Waals surface area (Å²) in [5.41, 5.74) is 4.86. The molecule has 0 unspecified atom stereocenters. The van der Waals surface area contributed by atoms with Crippen LogP contribution < -0.4 is 5.32 Å². The minimum atomic E-state index is -0.197. The van der Waals surface area contributed by atoms with Crippen molar-refractivity contribution in [1.82, 2.24) is 9.38 Å². The molecule has 0 spiro atoms. The van der Waals surface area contributed by atoms with Gasteiger partial charge in [0.15, 0.2) is 0 Å². The first-order chi connectivity index (χ1) is 10.4. The first-order valence-corrected chi connectivity index (χ1v) is 7.36. The number of fused-ring (bicyclic) bond motifs is 1. The Morgan fingerprint density at radius 1 is 1.14 bits per heavy atom. The predicted octanol–water partition coefficient (Wildman–Crippen LogP) is 4.17. The first kappa shape index (κ1) is 14.6. The lowest BCUT2D eigenvalue weighted by Gasteiger charge is -2.08. The zero-order chi connectivity index (χ0) is 15.9. The number of halogens is 1. The summed E-state index contributed by atoms with van der Waals surface area (Å²) in [6, 6.07) is 9.50. The number of rotatable bonds is 2. The van der Waals surface area contributed by atoms with Crippen molar-refractivity contribution in [3.05, 3.63) is 64.1 Å². The van der Waals surface area contributed by atoms with Gasteiger partial charge in [-0.15, -0.1) is 0 Å². The lowest BCUT2D eigenvalue weighted by Crippen LogP contribution is -2.15. The number of pyridine rings is 1. The Hall–Kier alpha value is -2.33. The normalized spacial score (nSPS) is 10.9. The Morgan fingerprint density at radius 2 is 1.82 bits per heavy atom. The number of amides is 1. The number of anilines is 1. The molecule has 0 fully saturated rings. The van der Waals surface area contributed by atoms with Crippen molar-refractivity contribution in [2.24, 2.45) is 0 Å². The van der Waals surface area contributed by atoms with Crippen molar-refractivity contribution in [1.29, 1.82) is 0 Å². The molecule has 112 valence electrons. The molecule has 0 saturated heterocycles. The predicted molar refractivity (Wildman–Crippen MR) is 88.8 cm³/mol. The van der Waals surface area contributed by atoms with E-state index in [0.29, 0.717) is 22.1 Å². The van der Waals surface area contributed by atoms with Crippen LogP contribution in [0, 0.1) is 20.8 Å². The van der Waals surface area contributed by atoms with Gasteiger partial charge in [-0.2, -0.15) is 0 Å². The molecule has 2 heterocycles. The van der Waals surface area contributed by atoms with E-state index in [2.05, 4.69) is 16.4 Å². The minimum absolute atomic E-state index is 0.197. The topological polar surface area (TPSA) is 46.4 Å². The second-order valence-corrected chi connectivity index (χ2v) is 5.89. The maximum atomic E-state index is 12.6. The molecule has 0 bridgehead atoms. The number of nitrogens with one attached hydrogen (secondary N) is 1. The summed E-state index contributed by atoms with van der Waals surface area (Å²) in [5.74, 6) is -0.197. The van der Waals surface area contributed by atoms with Crippen molar-refractivity contribution >= 4 is 28.8 Å². The van der Waals surface area contributed by atoms with E-state index >= 15 is 0 Å². The van der Waals surface area contributed by atoms with Gasteiger partial charge in [0.1, 0.15) is 11.3 Å². The smallest absolute Gasteiger partial charge is 0.274 e. The number of aromatic nitrogens is 2. The molecule has 0 aliphatic carbocycles. The summed E-state index contributed by atoms with van der Waals surface area (Å²) in [5, 5.41) is 3.50. The van der Waals surface area contributed by atoms with Gasteiger partial charge in [-0.05, 0) is 56.2 Å². The SMILES string of the molecule is Cc1cc(C)cc(NC(=O)c2c(C)nc3ccc(Cl)cn23)c1. The summed E-state index contributed by atoms with van der Waals surface area (Å²) in [4.78, 5) is 17.0. The first-order valence-electron chi connectivity index (χ1n) is 6.98. The molecule has 5 heteroatoms. The number of carbonyl (C=O) groups is 1. The molecule has 2 aromatic heterocycles. The number of aryl methyl sites for hydroxylation is 3. The molecule has 0 aliphatic heterocycles. The molecule has 1 N–H and O–H groups in total. The summed E-state index contributed by atoms with van der Waals surface area (Å²) >= 11 is 6.03. The quantitative estimate of drug-likeness (QED) is 0.772. The summed E-state index contributed by atoms with van der Waals surface area (Å²) in [7, 11) is 0. The third kappa shape index (κ3) is 2.70. The number of nitrogens with zero attached hydrogens (tertiary/aromatic N) is 2. The van der Waals surface area contributed by atoms with Gasteiger partial charge in [0.2, 0.25) is 0 Å². The van der Waals surface area contributed by atoms with Crippen LogP contribution in [0.15, 0.2) is 36.5 Å². The lowest BCUT2D eigenvalue weighted by atomic mass is 10.1. The van der Waals surface area contributed by atoms with Gasteiger partial charge in [-0.3, -0.25) is 9.20 Å².